The molecule has 1 heterocycles. The van der Waals surface area contributed by atoms with Crippen molar-refractivity contribution in [3.05, 3.63) is 77.5 Å². The largest absolute Gasteiger partial charge is 0.339 e. The second-order valence-corrected chi connectivity index (χ2v) is 7.84. The molecule has 0 saturated heterocycles. The lowest BCUT2D eigenvalue weighted by atomic mass is 9.87. The summed E-state index contributed by atoms with van der Waals surface area (Å²) in [6, 6.07) is 18.1. The van der Waals surface area contributed by atoms with E-state index < -0.39 is 0 Å². The molecule has 1 aromatic heterocycles. The molecule has 6 heteroatoms. The van der Waals surface area contributed by atoms with Gasteiger partial charge in [-0.3, -0.25) is 9.59 Å². The maximum absolute atomic E-state index is 12.4. The van der Waals surface area contributed by atoms with Crippen molar-refractivity contribution in [1.82, 2.24) is 10.2 Å². The van der Waals surface area contributed by atoms with Crippen LogP contribution >= 0.6 is 0 Å². The van der Waals surface area contributed by atoms with Gasteiger partial charge < -0.3 is 10.6 Å². The van der Waals surface area contributed by atoms with Crippen molar-refractivity contribution in [3.63, 3.8) is 0 Å². The molecule has 0 aliphatic heterocycles. The number of ketones is 1. The summed E-state index contributed by atoms with van der Waals surface area (Å²) in [6.45, 7) is 7.95. The third-order valence-corrected chi connectivity index (χ3v) is 4.47. The summed E-state index contributed by atoms with van der Waals surface area (Å²) in [5.41, 5.74) is 3.61. The normalized spacial score (nSPS) is 11.0. The lowest BCUT2D eigenvalue weighted by Crippen LogP contribution is -2.15. The molecule has 0 atom stereocenters. The van der Waals surface area contributed by atoms with Crippen LogP contribution in [0, 0.1) is 0 Å². The van der Waals surface area contributed by atoms with E-state index in [0.29, 0.717) is 17.1 Å². The van der Waals surface area contributed by atoms with E-state index in [0.717, 1.165) is 5.69 Å². The second-order valence-electron chi connectivity index (χ2n) is 7.84. The van der Waals surface area contributed by atoms with Crippen LogP contribution in [0.25, 0.3) is 0 Å². The van der Waals surface area contributed by atoms with Crippen molar-refractivity contribution < 1.29 is 9.59 Å². The van der Waals surface area contributed by atoms with Crippen molar-refractivity contribution in [2.75, 3.05) is 10.6 Å². The summed E-state index contributed by atoms with van der Waals surface area (Å²) in [5, 5.41) is 14.0. The van der Waals surface area contributed by atoms with Gasteiger partial charge in [-0.2, -0.15) is 0 Å². The van der Waals surface area contributed by atoms with Gasteiger partial charge in [-0.25, -0.2) is 0 Å². The predicted octanol–water partition coefficient (Wildman–Crippen LogP) is 4.97. The zero-order valence-corrected chi connectivity index (χ0v) is 17.0. The minimum atomic E-state index is -0.321. The molecule has 0 bridgehead atoms. The van der Waals surface area contributed by atoms with Crippen LogP contribution in [0.1, 0.15) is 54.1 Å². The maximum Gasteiger partial charge on any atom is 0.276 e. The quantitative estimate of drug-likeness (QED) is 0.603. The van der Waals surface area contributed by atoms with Crippen LogP contribution in [0.15, 0.2) is 60.7 Å². The van der Waals surface area contributed by atoms with Crippen LogP contribution in [0.3, 0.4) is 0 Å². The fraction of sp³-hybridized carbons (Fsp3) is 0.217. The Morgan fingerprint density at radius 2 is 1.41 bits per heavy atom. The van der Waals surface area contributed by atoms with Crippen molar-refractivity contribution >= 4 is 28.9 Å². The number of amides is 1. The zero-order valence-electron chi connectivity index (χ0n) is 17.0. The Morgan fingerprint density at radius 3 is 1.93 bits per heavy atom. The van der Waals surface area contributed by atoms with Crippen LogP contribution in [0.4, 0.5) is 17.2 Å². The molecule has 3 rings (SSSR count). The number of anilines is 3. The molecule has 2 N–H and O–H groups in total. The molecule has 0 radical (unpaired) electrons. The third-order valence-electron chi connectivity index (χ3n) is 4.47. The van der Waals surface area contributed by atoms with E-state index in [-0.39, 0.29) is 22.8 Å². The first-order chi connectivity index (χ1) is 13.7. The molecule has 0 unspecified atom stereocenters. The van der Waals surface area contributed by atoms with Gasteiger partial charge in [-0.05, 0) is 66.4 Å². The van der Waals surface area contributed by atoms with E-state index in [2.05, 4.69) is 41.6 Å². The van der Waals surface area contributed by atoms with E-state index in [1.807, 2.05) is 24.3 Å². The first-order valence-electron chi connectivity index (χ1n) is 9.36. The molecule has 2 aromatic carbocycles. The Hall–Kier alpha value is -3.54. The summed E-state index contributed by atoms with van der Waals surface area (Å²) in [5.74, 6) is 0.199. The Balaban J connectivity index is 1.63. The smallest absolute Gasteiger partial charge is 0.276 e. The second kappa shape index (κ2) is 8.22. The molecular formula is C23H24N4O2. The molecule has 0 aliphatic carbocycles. The number of nitrogens with zero attached hydrogens (tertiary/aromatic N) is 2. The average Bonchev–Trinajstić information content (AvgIpc) is 2.68. The van der Waals surface area contributed by atoms with Crippen LogP contribution in [-0.4, -0.2) is 21.9 Å². The molecule has 0 aliphatic rings. The maximum atomic E-state index is 12.4. The Labute approximate surface area is 170 Å². The Kier molecular flexibility index (Phi) is 5.73. The molecule has 29 heavy (non-hydrogen) atoms. The van der Waals surface area contributed by atoms with Gasteiger partial charge in [-0.15, -0.1) is 10.2 Å². The molecule has 0 saturated carbocycles. The predicted molar refractivity (Wildman–Crippen MR) is 115 cm³/mol. The highest BCUT2D eigenvalue weighted by Gasteiger charge is 2.14. The van der Waals surface area contributed by atoms with Gasteiger partial charge in [-0.1, -0.05) is 32.9 Å². The van der Waals surface area contributed by atoms with Crippen molar-refractivity contribution in [2.45, 2.75) is 33.1 Å². The highest BCUT2D eigenvalue weighted by molar-refractivity contribution is 6.02. The number of benzene rings is 2. The van der Waals surface area contributed by atoms with Gasteiger partial charge in [0.05, 0.1) is 0 Å². The van der Waals surface area contributed by atoms with Crippen LogP contribution in [0.2, 0.25) is 0 Å². The number of Topliss-reactive ketones (excluding diaryl/α,β-unsaturated/α-hetero) is 1. The monoisotopic (exact) mass is 388 g/mol. The molecule has 6 nitrogen and oxygen atoms in total. The molecular weight excluding hydrogens is 364 g/mol. The lowest BCUT2D eigenvalue weighted by Gasteiger charge is -2.19. The lowest BCUT2D eigenvalue weighted by molar-refractivity contribution is 0.101. The molecule has 0 spiro atoms. The summed E-state index contributed by atoms with van der Waals surface area (Å²) < 4.78 is 0. The number of hydrogen-bond donors (Lipinski definition) is 2. The van der Waals surface area contributed by atoms with Crippen LogP contribution in [-0.2, 0) is 5.41 Å². The fourth-order valence-electron chi connectivity index (χ4n) is 2.70. The van der Waals surface area contributed by atoms with E-state index >= 15 is 0 Å². The van der Waals surface area contributed by atoms with E-state index in [9.17, 15) is 9.59 Å². The fourth-order valence-corrected chi connectivity index (χ4v) is 2.70. The topological polar surface area (TPSA) is 84.0 Å². The van der Waals surface area contributed by atoms with Crippen LogP contribution < -0.4 is 10.6 Å². The Bertz CT molecular complexity index is 1000. The minimum Gasteiger partial charge on any atom is -0.339 e. The average molecular weight is 388 g/mol. The summed E-state index contributed by atoms with van der Waals surface area (Å²) in [4.78, 5) is 23.7. The first kappa shape index (κ1) is 20.2. The number of nitrogens with one attached hydrogen (secondary N) is 2. The van der Waals surface area contributed by atoms with Crippen LogP contribution in [0.5, 0.6) is 0 Å². The van der Waals surface area contributed by atoms with Gasteiger partial charge in [0.2, 0.25) is 0 Å². The van der Waals surface area contributed by atoms with E-state index in [1.54, 1.807) is 36.4 Å². The van der Waals surface area contributed by atoms with E-state index in [4.69, 9.17) is 0 Å². The third kappa shape index (κ3) is 5.25. The number of hydrogen-bond acceptors (Lipinski definition) is 5. The first-order valence-corrected chi connectivity index (χ1v) is 9.36. The number of carbonyl (C=O) groups is 2. The zero-order chi connectivity index (χ0) is 21.0. The summed E-state index contributed by atoms with van der Waals surface area (Å²) in [6.07, 6.45) is 0. The van der Waals surface area contributed by atoms with Crippen molar-refractivity contribution in [1.29, 1.82) is 0 Å². The highest BCUT2D eigenvalue weighted by Crippen LogP contribution is 2.23. The Morgan fingerprint density at radius 1 is 0.793 bits per heavy atom. The minimum absolute atomic E-state index is 0.0137. The standard InChI is InChI=1S/C23H24N4O2/c1-15(28)16-5-9-18(10-6-16)24-21-14-13-20(26-27-21)22(29)25-19-11-7-17(8-12-19)23(2,3)4/h5-14H,1-4H3,(H,24,27)(H,25,29). The van der Waals surface area contributed by atoms with Gasteiger partial charge in [0, 0.05) is 16.9 Å². The van der Waals surface area contributed by atoms with Gasteiger partial charge in [0.1, 0.15) is 0 Å². The number of aromatic nitrogens is 2. The molecule has 148 valence electrons. The van der Waals surface area contributed by atoms with Gasteiger partial charge in [0.25, 0.3) is 5.91 Å². The molecule has 3 aromatic rings. The summed E-state index contributed by atoms with van der Waals surface area (Å²) in [7, 11) is 0. The number of carbonyl (C=O) groups excluding carboxylic acids is 2. The van der Waals surface area contributed by atoms with Gasteiger partial charge in [0.15, 0.2) is 17.3 Å². The molecule has 0 fully saturated rings. The van der Waals surface area contributed by atoms with Crippen molar-refractivity contribution in [2.24, 2.45) is 0 Å². The summed E-state index contributed by atoms with van der Waals surface area (Å²) >= 11 is 0. The van der Waals surface area contributed by atoms with Gasteiger partial charge >= 0.3 is 0 Å². The van der Waals surface area contributed by atoms with Crippen molar-refractivity contribution in [3.8, 4) is 0 Å². The molecule has 1 amide bonds. The SMILES string of the molecule is CC(=O)c1ccc(Nc2ccc(C(=O)Nc3ccc(C(C)(C)C)cc3)nn2)cc1. The van der Waals surface area contributed by atoms with E-state index in [1.165, 1.54) is 12.5 Å². The number of rotatable bonds is 5. The highest BCUT2D eigenvalue weighted by atomic mass is 16.2.